The Morgan fingerprint density at radius 3 is 2.58 bits per heavy atom. The van der Waals surface area contributed by atoms with E-state index in [-0.39, 0.29) is 5.69 Å². The Morgan fingerprint density at radius 1 is 1.05 bits per heavy atom. The SMILES string of the molecule is CCc1ccccc1-c1cccc2[nH]c(=O)n(C)c12. The summed E-state index contributed by atoms with van der Waals surface area (Å²) in [7, 11) is 1.80. The molecule has 0 atom stereocenters. The van der Waals surface area contributed by atoms with Crippen molar-refractivity contribution < 1.29 is 0 Å². The van der Waals surface area contributed by atoms with Crippen molar-refractivity contribution in [2.75, 3.05) is 0 Å². The first-order valence-electron chi connectivity index (χ1n) is 6.48. The zero-order valence-corrected chi connectivity index (χ0v) is 11.1. The molecule has 0 radical (unpaired) electrons. The number of H-pyrrole nitrogens is 1. The molecule has 1 heterocycles. The van der Waals surface area contributed by atoms with Gasteiger partial charge in [-0.05, 0) is 23.6 Å². The van der Waals surface area contributed by atoms with Crippen LogP contribution < -0.4 is 5.69 Å². The van der Waals surface area contributed by atoms with E-state index in [1.165, 1.54) is 11.1 Å². The molecule has 3 heteroatoms. The third kappa shape index (κ3) is 1.78. The molecule has 96 valence electrons. The van der Waals surface area contributed by atoms with Gasteiger partial charge in [0, 0.05) is 12.6 Å². The summed E-state index contributed by atoms with van der Waals surface area (Å²) in [6.07, 6.45) is 0.977. The van der Waals surface area contributed by atoms with E-state index in [2.05, 4.69) is 36.2 Å². The number of rotatable bonds is 2. The Morgan fingerprint density at radius 2 is 1.79 bits per heavy atom. The summed E-state index contributed by atoms with van der Waals surface area (Å²) in [4.78, 5) is 14.7. The van der Waals surface area contributed by atoms with E-state index in [4.69, 9.17) is 0 Å². The van der Waals surface area contributed by atoms with Crippen LogP contribution in [0.1, 0.15) is 12.5 Å². The fraction of sp³-hybridized carbons (Fsp3) is 0.188. The molecule has 0 fully saturated rings. The topological polar surface area (TPSA) is 37.8 Å². The molecule has 0 unspecified atom stereocenters. The lowest BCUT2D eigenvalue weighted by molar-refractivity contribution is 0.892. The molecule has 3 nitrogen and oxygen atoms in total. The van der Waals surface area contributed by atoms with Crippen molar-refractivity contribution in [3.05, 3.63) is 58.5 Å². The number of fused-ring (bicyclic) bond motifs is 1. The van der Waals surface area contributed by atoms with E-state index >= 15 is 0 Å². The second kappa shape index (κ2) is 4.43. The van der Waals surface area contributed by atoms with Gasteiger partial charge in [0.1, 0.15) is 0 Å². The molecule has 3 aromatic rings. The van der Waals surface area contributed by atoms with Gasteiger partial charge < -0.3 is 4.98 Å². The number of aromatic nitrogens is 2. The molecule has 0 aliphatic carbocycles. The fourth-order valence-corrected chi connectivity index (χ4v) is 2.62. The van der Waals surface area contributed by atoms with Crippen molar-refractivity contribution >= 4 is 11.0 Å². The standard InChI is InChI=1S/C16H16N2O/c1-3-11-7-4-5-8-12(11)13-9-6-10-14-15(13)18(2)16(19)17-14/h4-10H,3H2,1-2H3,(H,17,19). The summed E-state index contributed by atoms with van der Waals surface area (Å²) in [5.74, 6) is 0. The highest BCUT2D eigenvalue weighted by Crippen LogP contribution is 2.29. The number of nitrogens with zero attached hydrogens (tertiary/aromatic N) is 1. The predicted molar refractivity (Wildman–Crippen MR) is 78.4 cm³/mol. The van der Waals surface area contributed by atoms with E-state index in [0.717, 1.165) is 23.0 Å². The summed E-state index contributed by atoms with van der Waals surface area (Å²) < 4.78 is 1.68. The minimum atomic E-state index is -0.0728. The van der Waals surface area contributed by atoms with Crippen molar-refractivity contribution in [3.8, 4) is 11.1 Å². The Labute approximate surface area is 111 Å². The van der Waals surface area contributed by atoms with Crippen molar-refractivity contribution in [2.45, 2.75) is 13.3 Å². The minimum absolute atomic E-state index is 0.0728. The van der Waals surface area contributed by atoms with Crippen molar-refractivity contribution in [1.29, 1.82) is 0 Å². The van der Waals surface area contributed by atoms with Crippen molar-refractivity contribution in [2.24, 2.45) is 7.05 Å². The first kappa shape index (κ1) is 11.8. The van der Waals surface area contributed by atoms with E-state index in [9.17, 15) is 4.79 Å². The van der Waals surface area contributed by atoms with Crippen LogP contribution in [0.4, 0.5) is 0 Å². The lowest BCUT2D eigenvalue weighted by Crippen LogP contribution is -2.12. The number of aryl methyl sites for hydroxylation is 2. The quantitative estimate of drug-likeness (QED) is 0.747. The molecule has 19 heavy (non-hydrogen) atoms. The van der Waals surface area contributed by atoms with Crippen LogP contribution in [0.5, 0.6) is 0 Å². The van der Waals surface area contributed by atoms with Gasteiger partial charge in [0.2, 0.25) is 0 Å². The molecule has 1 aromatic heterocycles. The number of aromatic amines is 1. The average molecular weight is 252 g/mol. The van der Waals surface area contributed by atoms with E-state index < -0.39 is 0 Å². The molecule has 0 bridgehead atoms. The maximum Gasteiger partial charge on any atom is 0.326 e. The maximum atomic E-state index is 11.8. The predicted octanol–water partition coefficient (Wildman–Crippen LogP) is 3.10. The Kier molecular flexibility index (Phi) is 2.75. The van der Waals surface area contributed by atoms with Gasteiger partial charge in [-0.15, -0.1) is 0 Å². The van der Waals surface area contributed by atoms with E-state index in [1.807, 2.05) is 18.2 Å². The lowest BCUT2D eigenvalue weighted by atomic mass is 9.97. The second-order valence-electron chi connectivity index (χ2n) is 4.70. The highest BCUT2D eigenvalue weighted by Gasteiger charge is 2.11. The van der Waals surface area contributed by atoms with Gasteiger partial charge in [-0.25, -0.2) is 4.79 Å². The van der Waals surface area contributed by atoms with Crippen molar-refractivity contribution in [1.82, 2.24) is 9.55 Å². The number of para-hydroxylation sites is 1. The lowest BCUT2D eigenvalue weighted by Gasteiger charge is -2.10. The first-order valence-corrected chi connectivity index (χ1v) is 6.48. The van der Waals surface area contributed by atoms with Crippen LogP contribution in [0.25, 0.3) is 22.2 Å². The maximum absolute atomic E-state index is 11.8. The molecule has 1 N–H and O–H groups in total. The zero-order chi connectivity index (χ0) is 13.4. The van der Waals surface area contributed by atoms with Gasteiger partial charge in [-0.2, -0.15) is 0 Å². The minimum Gasteiger partial charge on any atom is -0.306 e. The fourth-order valence-electron chi connectivity index (χ4n) is 2.62. The third-order valence-electron chi connectivity index (χ3n) is 3.61. The van der Waals surface area contributed by atoms with Gasteiger partial charge in [0.15, 0.2) is 0 Å². The summed E-state index contributed by atoms with van der Waals surface area (Å²) in [5.41, 5.74) is 5.38. The summed E-state index contributed by atoms with van der Waals surface area (Å²) in [6.45, 7) is 2.15. The molecule has 0 saturated carbocycles. The normalized spacial score (nSPS) is 11.1. The number of hydrogen-bond donors (Lipinski definition) is 1. The zero-order valence-electron chi connectivity index (χ0n) is 11.1. The van der Waals surface area contributed by atoms with Crippen LogP contribution in [-0.4, -0.2) is 9.55 Å². The van der Waals surface area contributed by atoms with Crippen LogP contribution in [0.15, 0.2) is 47.3 Å². The third-order valence-corrected chi connectivity index (χ3v) is 3.61. The van der Waals surface area contributed by atoms with Gasteiger partial charge in [-0.1, -0.05) is 43.3 Å². The van der Waals surface area contributed by atoms with Crippen molar-refractivity contribution in [3.63, 3.8) is 0 Å². The molecular formula is C16H16N2O. The molecular weight excluding hydrogens is 236 g/mol. The van der Waals surface area contributed by atoms with Gasteiger partial charge in [-0.3, -0.25) is 4.57 Å². The highest BCUT2D eigenvalue weighted by atomic mass is 16.1. The summed E-state index contributed by atoms with van der Waals surface area (Å²) >= 11 is 0. The molecule has 3 rings (SSSR count). The van der Waals surface area contributed by atoms with Crippen LogP contribution in [0.3, 0.4) is 0 Å². The number of benzene rings is 2. The summed E-state index contributed by atoms with van der Waals surface area (Å²) in [5, 5.41) is 0. The Balaban J connectivity index is 2.40. The highest BCUT2D eigenvalue weighted by molar-refractivity contribution is 5.93. The number of imidazole rings is 1. The van der Waals surface area contributed by atoms with E-state index in [1.54, 1.807) is 11.6 Å². The molecule has 0 amide bonds. The first-order chi connectivity index (χ1) is 9.22. The van der Waals surface area contributed by atoms with Crippen LogP contribution in [0.2, 0.25) is 0 Å². The molecule has 2 aromatic carbocycles. The molecule has 0 aliphatic rings. The van der Waals surface area contributed by atoms with E-state index in [0.29, 0.717) is 0 Å². The smallest absolute Gasteiger partial charge is 0.306 e. The second-order valence-corrected chi connectivity index (χ2v) is 4.70. The molecule has 0 spiro atoms. The van der Waals surface area contributed by atoms with Crippen LogP contribution in [-0.2, 0) is 13.5 Å². The van der Waals surface area contributed by atoms with Crippen LogP contribution in [0, 0.1) is 0 Å². The largest absolute Gasteiger partial charge is 0.326 e. The monoisotopic (exact) mass is 252 g/mol. The van der Waals surface area contributed by atoms with Crippen LogP contribution >= 0.6 is 0 Å². The van der Waals surface area contributed by atoms with Gasteiger partial charge in [0.05, 0.1) is 11.0 Å². The number of hydrogen-bond acceptors (Lipinski definition) is 1. The average Bonchev–Trinajstić information content (AvgIpc) is 2.74. The van der Waals surface area contributed by atoms with Gasteiger partial charge >= 0.3 is 5.69 Å². The molecule has 0 saturated heterocycles. The molecule has 0 aliphatic heterocycles. The number of nitrogens with one attached hydrogen (secondary N) is 1. The Bertz CT molecular complexity index is 796. The van der Waals surface area contributed by atoms with Gasteiger partial charge in [0.25, 0.3) is 0 Å². The summed E-state index contributed by atoms with van der Waals surface area (Å²) in [6, 6.07) is 14.3. The Hall–Kier alpha value is -2.29.